The number of Topliss-reactive ketones (excluding diaryl/α,β-unsaturated/α-hetero) is 1. The number of fused-ring (bicyclic) bond motifs is 1. The zero-order valence-corrected chi connectivity index (χ0v) is 21.4. The van der Waals surface area contributed by atoms with Crippen LogP contribution in [0.5, 0.6) is 0 Å². The Labute approximate surface area is 203 Å². The van der Waals surface area contributed by atoms with Gasteiger partial charge in [-0.05, 0) is 57.1 Å². The fraction of sp³-hybridized carbons (Fsp3) is 0.571. The molecule has 1 aromatic carbocycles. The van der Waals surface area contributed by atoms with Gasteiger partial charge in [-0.25, -0.2) is 4.98 Å². The summed E-state index contributed by atoms with van der Waals surface area (Å²) in [6.07, 6.45) is 7.23. The molecule has 1 unspecified atom stereocenters. The first-order chi connectivity index (χ1) is 16.2. The van der Waals surface area contributed by atoms with Gasteiger partial charge in [-0.15, -0.1) is 0 Å². The van der Waals surface area contributed by atoms with Crippen molar-refractivity contribution in [1.29, 1.82) is 0 Å². The monoisotopic (exact) mass is 464 g/mol. The average Bonchev–Trinajstić information content (AvgIpc) is 3.45. The average molecular weight is 465 g/mol. The Morgan fingerprint density at radius 3 is 2.56 bits per heavy atom. The molecule has 1 fully saturated rings. The fourth-order valence-electron chi connectivity index (χ4n) is 4.93. The Morgan fingerprint density at radius 2 is 1.85 bits per heavy atom. The summed E-state index contributed by atoms with van der Waals surface area (Å²) >= 11 is 0. The summed E-state index contributed by atoms with van der Waals surface area (Å²) < 4.78 is 5.98. The number of oxazole rings is 1. The number of benzene rings is 1. The van der Waals surface area contributed by atoms with Gasteiger partial charge in [-0.3, -0.25) is 9.69 Å². The number of carbonyl (C=O) groups is 1. The Kier molecular flexibility index (Phi) is 7.46. The van der Waals surface area contributed by atoms with Gasteiger partial charge in [0.2, 0.25) is 0 Å². The van der Waals surface area contributed by atoms with E-state index in [2.05, 4.69) is 78.8 Å². The number of anilines is 1. The zero-order chi connectivity index (χ0) is 24.3. The van der Waals surface area contributed by atoms with Crippen LogP contribution in [0.15, 0.2) is 41.1 Å². The normalized spacial score (nSPS) is 16.5. The molecule has 6 heteroatoms. The van der Waals surface area contributed by atoms with Crippen LogP contribution in [0.4, 0.5) is 6.01 Å². The first kappa shape index (κ1) is 24.5. The predicted molar refractivity (Wildman–Crippen MR) is 139 cm³/mol. The molecular weight excluding hydrogens is 424 g/mol. The van der Waals surface area contributed by atoms with Crippen LogP contribution in [0, 0.1) is 11.8 Å². The minimum atomic E-state index is 0.0562. The number of hydrogen-bond donors (Lipinski definition) is 1. The molecule has 1 aliphatic heterocycles. The zero-order valence-electron chi connectivity index (χ0n) is 21.4. The van der Waals surface area contributed by atoms with Gasteiger partial charge in [0.05, 0.1) is 6.20 Å². The molecule has 2 aromatic heterocycles. The van der Waals surface area contributed by atoms with Crippen LogP contribution < -0.4 is 4.90 Å². The lowest BCUT2D eigenvalue weighted by atomic mass is 9.87. The second kappa shape index (κ2) is 10.3. The number of hydrogen-bond acceptors (Lipinski definition) is 5. The highest BCUT2D eigenvalue weighted by molar-refractivity contribution is 5.93. The number of aromatic nitrogens is 2. The second-order valence-electron chi connectivity index (χ2n) is 11.2. The largest absolute Gasteiger partial charge is 0.420 e. The lowest BCUT2D eigenvalue weighted by Gasteiger charge is -2.41. The van der Waals surface area contributed by atoms with Crippen LogP contribution in [0.25, 0.3) is 10.9 Å². The minimum Gasteiger partial charge on any atom is -0.420 e. The van der Waals surface area contributed by atoms with E-state index in [1.165, 1.54) is 10.9 Å². The number of rotatable bonds is 9. The molecule has 3 heterocycles. The van der Waals surface area contributed by atoms with Crippen molar-refractivity contribution in [2.45, 2.75) is 65.8 Å². The Balaban J connectivity index is 1.41. The molecule has 3 aromatic rings. The van der Waals surface area contributed by atoms with Crippen LogP contribution in [-0.4, -0.2) is 52.4 Å². The summed E-state index contributed by atoms with van der Waals surface area (Å²) in [6.45, 7) is 14.9. The maximum absolute atomic E-state index is 13.2. The van der Waals surface area contributed by atoms with E-state index in [9.17, 15) is 4.79 Å². The SMILES string of the molecule is CC(C)CCC(CC(=O)c1cnc(N2CCN(C(C)(C)C)CC2)o1)Cc1c[nH]c2ccccc12. The highest BCUT2D eigenvalue weighted by Gasteiger charge is 2.28. The number of carbonyl (C=O) groups excluding carboxylic acids is 1. The van der Waals surface area contributed by atoms with Crippen molar-refractivity contribution in [3.63, 3.8) is 0 Å². The van der Waals surface area contributed by atoms with Gasteiger partial charge in [0, 0.05) is 55.2 Å². The highest BCUT2D eigenvalue weighted by atomic mass is 16.4. The summed E-state index contributed by atoms with van der Waals surface area (Å²) in [5.41, 5.74) is 2.60. The van der Waals surface area contributed by atoms with Crippen molar-refractivity contribution < 1.29 is 9.21 Å². The van der Waals surface area contributed by atoms with Crippen molar-refractivity contribution >= 4 is 22.7 Å². The summed E-state index contributed by atoms with van der Waals surface area (Å²) in [4.78, 5) is 25.7. The lowest BCUT2D eigenvalue weighted by Crippen LogP contribution is -2.53. The molecule has 34 heavy (non-hydrogen) atoms. The van der Waals surface area contributed by atoms with Gasteiger partial charge >= 0.3 is 0 Å². The van der Waals surface area contributed by atoms with Crippen LogP contribution in [0.1, 0.15) is 70.0 Å². The molecule has 1 aliphatic rings. The van der Waals surface area contributed by atoms with Gasteiger partial charge in [0.25, 0.3) is 6.01 Å². The predicted octanol–water partition coefficient (Wildman–Crippen LogP) is 5.94. The fourth-order valence-corrected chi connectivity index (χ4v) is 4.93. The van der Waals surface area contributed by atoms with E-state index in [4.69, 9.17) is 4.42 Å². The number of piperazine rings is 1. The van der Waals surface area contributed by atoms with Crippen LogP contribution in [0.2, 0.25) is 0 Å². The Bertz CT molecular complexity index is 1080. The molecule has 0 bridgehead atoms. The van der Waals surface area contributed by atoms with Crippen LogP contribution >= 0.6 is 0 Å². The third-order valence-corrected chi connectivity index (χ3v) is 7.08. The number of nitrogens with one attached hydrogen (secondary N) is 1. The quantitative estimate of drug-likeness (QED) is 0.397. The van der Waals surface area contributed by atoms with E-state index >= 15 is 0 Å². The number of nitrogens with zero attached hydrogens (tertiary/aromatic N) is 3. The third-order valence-electron chi connectivity index (χ3n) is 7.08. The summed E-state index contributed by atoms with van der Waals surface area (Å²) in [5.74, 6) is 1.34. The molecule has 1 saturated heterocycles. The summed E-state index contributed by atoms with van der Waals surface area (Å²) in [7, 11) is 0. The van der Waals surface area contributed by atoms with E-state index in [0.29, 0.717) is 24.1 Å². The molecular formula is C28H40N4O2. The van der Waals surface area contributed by atoms with E-state index < -0.39 is 0 Å². The molecule has 0 aliphatic carbocycles. The first-order valence-corrected chi connectivity index (χ1v) is 12.7. The van der Waals surface area contributed by atoms with Crippen molar-refractivity contribution in [1.82, 2.24) is 14.9 Å². The van der Waals surface area contributed by atoms with Crippen molar-refractivity contribution in [3.05, 3.63) is 48.0 Å². The van der Waals surface area contributed by atoms with E-state index in [1.54, 1.807) is 6.20 Å². The minimum absolute atomic E-state index is 0.0562. The van der Waals surface area contributed by atoms with Gasteiger partial charge in [0.1, 0.15) is 0 Å². The smallest absolute Gasteiger partial charge is 0.297 e. The molecule has 1 N–H and O–H groups in total. The van der Waals surface area contributed by atoms with Gasteiger partial charge in [-0.1, -0.05) is 38.5 Å². The molecule has 0 saturated carbocycles. The number of ketones is 1. The van der Waals surface area contributed by atoms with Crippen molar-refractivity contribution in [3.8, 4) is 0 Å². The lowest BCUT2D eigenvalue weighted by molar-refractivity contribution is 0.0929. The standard InChI is InChI=1S/C28H40N4O2/c1-20(2)10-11-21(16-22-18-29-24-9-7-6-8-23(22)24)17-25(33)26-19-30-27(34-26)31-12-14-32(15-13-31)28(3,4)5/h6-9,18-21,29H,10-17H2,1-5H3. The molecule has 0 spiro atoms. The van der Waals surface area contributed by atoms with Gasteiger partial charge in [0.15, 0.2) is 11.5 Å². The topological polar surface area (TPSA) is 65.4 Å². The Morgan fingerprint density at radius 1 is 1.12 bits per heavy atom. The molecule has 184 valence electrons. The molecule has 4 rings (SSSR count). The molecule has 0 amide bonds. The summed E-state index contributed by atoms with van der Waals surface area (Å²) in [5, 5.41) is 1.25. The second-order valence-corrected chi connectivity index (χ2v) is 11.2. The number of aromatic amines is 1. The van der Waals surface area contributed by atoms with Crippen molar-refractivity contribution in [2.75, 3.05) is 31.1 Å². The Hall–Kier alpha value is -2.60. The van der Waals surface area contributed by atoms with Gasteiger partial charge in [-0.2, -0.15) is 0 Å². The van der Waals surface area contributed by atoms with E-state index in [0.717, 1.165) is 51.0 Å². The summed E-state index contributed by atoms with van der Waals surface area (Å²) in [6, 6.07) is 8.96. The van der Waals surface area contributed by atoms with Gasteiger partial charge < -0.3 is 14.3 Å². The van der Waals surface area contributed by atoms with E-state index in [1.807, 2.05) is 6.07 Å². The number of para-hydroxylation sites is 1. The van der Waals surface area contributed by atoms with Crippen molar-refractivity contribution in [2.24, 2.45) is 11.8 Å². The maximum Gasteiger partial charge on any atom is 0.297 e. The molecule has 1 atom stereocenters. The van der Waals surface area contributed by atoms with Crippen LogP contribution in [-0.2, 0) is 6.42 Å². The maximum atomic E-state index is 13.2. The molecule has 6 nitrogen and oxygen atoms in total. The third kappa shape index (κ3) is 5.90. The first-order valence-electron chi connectivity index (χ1n) is 12.7. The number of H-pyrrole nitrogens is 1. The van der Waals surface area contributed by atoms with Crippen LogP contribution in [0.3, 0.4) is 0 Å². The highest BCUT2D eigenvalue weighted by Crippen LogP contribution is 2.28. The van der Waals surface area contributed by atoms with E-state index in [-0.39, 0.29) is 17.2 Å². The molecule has 0 radical (unpaired) electrons.